The number of unbranched alkanes of at least 4 members (excludes halogenated alkanes) is 13. The highest BCUT2D eigenvalue weighted by molar-refractivity contribution is 7.47. The van der Waals surface area contributed by atoms with Gasteiger partial charge in [-0.15, -0.1) is 0 Å². The molecule has 22 heteroatoms. The predicted molar refractivity (Wildman–Crippen MR) is 253 cm³/mol. The number of aliphatic hydroxyl groups excluding tert-OH is 7. The highest BCUT2D eigenvalue weighted by atomic mass is 31.2. The number of fused-ring (bicyclic) bond motifs is 4. The number of esters is 2. The van der Waals surface area contributed by atoms with E-state index in [1.165, 1.54) is 38.5 Å². The average molecular weight is 1030 g/mol. The number of phosphoric ester groups is 2. The highest BCUT2D eigenvalue weighted by Crippen LogP contribution is 2.50. The summed E-state index contributed by atoms with van der Waals surface area (Å²) in [5.41, 5.74) is 0. The van der Waals surface area contributed by atoms with Gasteiger partial charge in [0.25, 0.3) is 0 Å². The lowest BCUT2D eigenvalue weighted by atomic mass is 9.82. The Morgan fingerprint density at radius 2 is 1.38 bits per heavy atom. The Labute approximate surface area is 407 Å². The van der Waals surface area contributed by atoms with E-state index >= 15 is 0 Å². The van der Waals surface area contributed by atoms with Crippen LogP contribution in [-0.4, -0.2) is 142 Å². The molecule has 0 amide bonds. The molecule has 69 heavy (non-hydrogen) atoms. The lowest BCUT2D eigenvalue weighted by Gasteiger charge is -2.38. The van der Waals surface area contributed by atoms with Gasteiger partial charge in [0.15, 0.2) is 6.10 Å². The Kier molecular flexibility index (Phi) is 31.5. The summed E-state index contributed by atoms with van der Waals surface area (Å²) in [6, 6.07) is 0. The minimum atomic E-state index is -5.81. The molecule has 2 bridgehead atoms. The van der Waals surface area contributed by atoms with Crippen LogP contribution in [0.25, 0.3) is 0 Å². The van der Waals surface area contributed by atoms with Crippen LogP contribution >= 0.6 is 15.6 Å². The summed E-state index contributed by atoms with van der Waals surface area (Å²) in [6.45, 7) is 2.45. The summed E-state index contributed by atoms with van der Waals surface area (Å²) in [5, 5.41) is 79.8. The number of ether oxygens (including phenoxy) is 2. The zero-order valence-corrected chi connectivity index (χ0v) is 42.4. The lowest BCUT2D eigenvalue weighted by Crippen LogP contribution is -2.56. The number of hydrogen-bond acceptors (Lipinski definition) is 17. The lowest BCUT2D eigenvalue weighted by molar-refractivity contribution is -0.166. The van der Waals surface area contributed by atoms with Crippen LogP contribution in [0.5, 0.6) is 0 Å². The number of cyclic esters (lactones) is 1. The Balaban J connectivity index is 2.38. The van der Waals surface area contributed by atoms with Gasteiger partial charge in [0.2, 0.25) is 0 Å². The molecule has 2 aliphatic rings. The Bertz CT molecular complexity index is 1610. The number of carbonyl (C=O) groups excluding carboxylic acids is 3. The number of Topliss-reactive ketones (excluding diaryl/α,β-unsaturated/α-hetero) is 1. The molecule has 0 spiro atoms. The Morgan fingerprint density at radius 1 is 0.783 bits per heavy atom. The first-order valence-electron chi connectivity index (χ1n) is 25.1. The zero-order valence-electron chi connectivity index (χ0n) is 40.6. The largest absolute Gasteiger partial charge is 0.472 e. The summed E-state index contributed by atoms with van der Waals surface area (Å²) in [5.74, 6) is -5.59. The van der Waals surface area contributed by atoms with Gasteiger partial charge in [-0.05, 0) is 51.4 Å². The van der Waals surface area contributed by atoms with Crippen molar-refractivity contribution in [2.75, 3.05) is 13.2 Å². The van der Waals surface area contributed by atoms with Gasteiger partial charge in [0.05, 0.1) is 37.1 Å². The second kappa shape index (κ2) is 34.5. The van der Waals surface area contributed by atoms with Crippen LogP contribution < -0.4 is 0 Å². The topological polar surface area (TPSA) is 334 Å². The quantitative estimate of drug-likeness (QED) is 0.0254. The number of rotatable bonds is 24. The Hall–Kier alpha value is -1.97. The monoisotopic (exact) mass is 1030 g/mol. The van der Waals surface area contributed by atoms with Crippen LogP contribution in [0.4, 0.5) is 0 Å². The molecule has 1 aliphatic carbocycles. The number of ketones is 1. The van der Waals surface area contributed by atoms with E-state index in [0.717, 1.165) is 57.1 Å². The van der Waals surface area contributed by atoms with Crippen LogP contribution in [-0.2, 0) is 46.6 Å². The van der Waals surface area contributed by atoms with Crippen LogP contribution in [0.15, 0.2) is 24.3 Å². The van der Waals surface area contributed by atoms with E-state index in [4.69, 9.17) is 23.0 Å². The number of phosphoric acid groups is 2. The van der Waals surface area contributed by atoms with Crippen molar-refractivity contribution >= 4 is 33.4 Å². The SMILES string of the molecule is CCCCCCCC/C=C\CCCCCCCC(=O)O[C@@H]1COC(=O)CCCCC(=O)C[C@@H]2[C@@H](O)[C@H](O)[C@@H](O)[C@H](OP(=O)(O)OC1)[C@H](OP(=O)(O)O)[C@H](O)[C@@H](/C=C/[C@@H](O)CCCCC)[C@H](O)C[C@@H]2O. The summed E-state index contributed by atoms with van der Waals surface area (Å²) in [7, 11) is -11.5. The van der Waals surface area contributed by atoms with Crippen LogP contribution in [0, 0.1) is 11.8 Å². The van der Waals surface area contributed by atoms with Crippen molar-refractivity contribution in [1.82, 2.24) is 0 Å². The van der Waals surface area contributed by atoms with E-state index < -0.39 is 132 Å². The number of carbonyl (C=O) groups is 3. The number of allylic oxidation sites excluding steroid dienone is 2. The standard InChI is InChI=1S/C47H84O20P2/c1-3-5-7-8-9-10-11-12-13-14-15-16-17-18-20-26-41(53)65-35-31-63-40(52)25-22-21-24-34(49)29-37-39(51)30-38(50)36(28-27-33(48)23-19-6-4-2)43(55)46(66-68(58,59)60)47(45(57)44(56)42(37)54)67-69(61,62)64-32-35/h12-13,27-28,33,35-39,42-48,50-51,54-57H,3-11,14-26,29-32H2,1-2H3,(H,61,62)(H2,58,59,60)/b13-12-,28-27+/t33-,35+,36-,37-,38+,39-,42+,43+,44-,45+,46+,47-/m0/s1. The first kappa shape index (κ1) is 63.1. The molecule has 0 aromatic carbocycles. The smallest absolute Gasteiger partial charge is 0.462 e. The van der Waals surface area contributed by atoms with Gasteiger partial charge < -0.3 is 59.9 Å². The van der Waals surface area contributed by atoms with Crippen LogP contribution in [0.3, 0.4) is 0 Å². The van der Waals surface area contributed by atoms with E-state index in [1.807, 2.05) is 6.92 Å². The van der Waals surface area contributed by atoms with Gasteiger partial charge in [-0.3, -0.25) is 28.0 Å². The van der Waals surface area contributed by atoms with E-state index in [2.05, 4.69) is 19.1 Å². The third kappa shape index (κ3) is 26.5. The van der Waals surface area contributed by atoms with Crippen molar-refractivity contribution < 1.29 is 97.0 Å². The van der Waals surface area contributed by atoms with E-state index in [-0.39, 0.29) is 38.5 Å². The molecule has 1 saturated carbocycles. The molecule has 2 rings (SSSR count). The summed E-state index contributed by atoms with van der Waals surface area (Å²) in [4.78, 5) is 70.0. The second-order valence-electron chi connectivity index (χ2n) is 18.5. The molecular formula is C47H84O20P2. The van der Waals surface area contributed by atoms with Crippen molar-refractivity contribution in [3.8, 4) is 0 Å². The third-order valence-corrected chi connectivity index (χ3v) is 14.0. The maximum absolute atomic E-state index is 13.8. The van der Waals surface area contributed by atoms with Gasteiger partial charge in [0, 0.05) is 43.9 Å². The van der Waals surface area contributed by atoms with Gasteiger partial charge in [-0.25, -0.2) is 9.13 Å². The van der Waals surface area contributed by atoms with E-state index in [9.17, 15) is 73.9 Å². The van der Waals surface area contributed by atoms with Crippen LogP contribution in [0.2, 0.25) is 0 Å². The number of aliphatic hydroxyl groups is 7. The molecule has 1 unspecified atom stereocenters. The van der Waals surface area contributed by atoms with Gasteiger partial charge in [-0.2, -0.15) is 0 Å². The van der Waals surface area contributed by atoms with E-state index in [1.54, 1.807) is 0 Å². The molecule has 0 aromatic heterocycles. The first-order valence-corrected chi connectivity index (χ1v) is 28.1. The molecule has 10 N–H and O–H groups in total. The minimum Gasteiger partial charge on any atom is -0.462 e. The molecule has 20 nitrogen and oxygen atoms in total. The molecule has 1 aliphatic heterocycles. The first-order chi connectivity index (χ1) is 32.7. The van der Waals surface area contributed by atoms with Crippen molar-refractivity contribution in [2.45, 2.75) is 229 Å². The van der Waals surface area contributed by atoms with Crippen LogP contribution in [0.1, 0.15) is 168 Å². The normalized spacial score (nSPS) is 31.5. The van der Waals surface area contributed by atoms with E-state index in [0.29, 0.717) is 19.3 Å². The third-order valence-electron chi connectivity index (χ3n) is 12.5. The molecule has 0 aromatic rings. The molecule has 1 saturated heterocycles. The fourth-order valence-electron chi connectivity index (χ4n) is 8.43. The summed E-state index contributed by atoms with van der Waals surface area (Å²) >= 11 is 0. The molecule has 13 atom stereocenters. The average Bonchev–Trinajstić information content (AvgIpc) is 3.29. The van der Waals surface area contributed by atoms with Gasteiger partial charge in [-0.1, -0.05) is 109 Å². The second-order valence-corrected chi connectivity index (χ2v) is 21.1. The minimum absolute atomic E-state index is 0.0649. The maximum atomic E-state index is 13.8. The molecule has 0 radical (unpaired) electrons. The fraction of sp³-hybridized carbons (Fsp3) is 0.851. The van der Waals surface area contributed by atoms with Crippen molar-refractivity contribution in [1.29, 1.82) is 0 Å². The fourth-order valence-corrected chi connectivity index (χ4v) is 9.96. The molecular weight excluding hydrogens is 946 g/mol. The van der Waals surface area contributed by atoms with Gasteiger partial charge >= 0.3 is 27.6 Å². The van der Waals surface area contributed by atoms with Crippen molar-refractivity contribution in [3.05, 3.63) is 24.3 Å². The van der Waals surface area contributed by atoms with Crippen molar-refractivity contribution in [2.24, 2.45) is 11.8 Å². The summed E-state index contributed by atoms with van der Waals surface area (Å²) < 4.78 is 52.1. The van der Waals surface area contributed by atoms with Gasteiger partial charge in [0.1, 0.15) is 36.8 Å². The van der Waals surface area contributed by atoms with Crippen molar-refractivity contribution in [3.63, 3.8) is 0 Å². The zero-order chi connectivity index (χ0) is 51.4. The summed E-state index contributed by atoms with van der Waals surface area (Å²) in [6.07, 6.45) is -1.17. The molecule has 1 heterocycles. The molecule has 402 valence electrons. The Morgan fingerprint density at radius 3 is 2.01 bits per heavy atom. The number of hydrogen-bond donors (Lipinski definition) is 10. The highest BCUT2D eigenvalue weighted by Gasteiger charge is 2.52. The molecule has 2 fully saturated rings. The predicted octanol–water partition coefficient (Wildman–Crippen LogP) is 5.29. The maximum Gasteiger partial charge on any atom is 0.472 e.